The highest BCUT2D eigenvalue weighted by atomic mass is 19.1. The molecule has 216 valence electrons. The maximum atomic E-state index is 15.0. The van der Waals surface area contributed by atoms with Gasteiger partial charge in [0.05, 0.1) is 27.7 Å². The average molecular weight is 574 g/mol. The molecule has 42 heavy (non-hydrogen) atoms. The molecule has 3 aromatic heterocycles. The summed E-state index contributed by atoms with van der Waals surface area (Å²) in [4.78, 5) is 35.2. The Morgan fingerprint density at radius 3 is 2.38 bits per heavy atom. The fraction of sp³-hybridized carbons (Fsp3) is 0.258. The van der Waals surface area contributed by atoms with E-state index >= 15 is 4.39 Å². The largest absolute Gasteiger partial charge is 0.437 e. The molecule has 0 bridgehead atoms. The van der Waals surface area contributed by atoms with Crippen LogP contribution in [0.3, 0.4) is 0 Å². The third-order valence-electron chi connectivity index (χ3n) is 7.22. The van der Waals surface area contributed by atoms with Gasteiger partial charge in [0, 0.05) is 18.2 Å². The molecule has 2 aromatic carbocycles. The fourth-order valence-electron chi connectivity index (χ4n) is 4.71. The van der Waals surface area contributed by atoms with Crippen molar-refractivity contribution in [3.05, 3.63) is 89.2 Å². The Labute approximate surface area is 240 Å². The number of nitrogens with one attached hydrogen (secondary N) is 2. The number of carbonyl (C=O) groups is 2. The summed E-state index contributed by atoms with van der Waals surface area (Å²) in [5.74, 6) is -1.80. The maximum absolute atomic E-state index is 15.0. The molecule has 11 heteroatoms. The lowest BCUT2D eigenvalue weighted by Crippen LogP contribution is -2.42. The summed E-state index contributed by atoms with van der Waals surface area (Å²) in [5, 5.41) is 9.60. The summed E-state index contributed by atoms with van der Waals surface area (Å²) in [6, 6.07) is 11.6. The first-order chi connectivity index (χ1) is 20.0. The number of hydrogen-bond donors (Lipinski definition) is 2. The van der Waals surface area contributed by atoms with Crippen molar-refractivity contribution in [2.75, 3.05) is 7.05 Å². The Bertz CT molecular complexity index is 1780. The minimum atomic E-state index is -1.04. The number of fused-ring (bicyclic) bond motifs is 1. The Hall–Kier alpha value is -4.93. The predicted molar refractivity (Wildman–Crippen MR) is 152 cm³/mol. The summed E-state index contributed by atoms with van der Waals surface area (Å²) in [5.41, 5.74) is 1.52. The Kier molecular flexibility index (Phi) is 7.59. The monoisotopic (exact) mass is 573 g/mol. The van der Waals surface area contributed by atoms with E-state index in [1.807, 2.05) is 13.8 Å². The summed E-state index contributed by atoms with van der Waals surface area (Å²) < 4.78 is 39.6. The number of carbonyl (C=O) groups excluding carboxylic acids is 2. The number of furan rings is 1. The van der Waals surface area contributed by atoms with E-state index in [0.29, 0.717) is 27.8 Å². The fourth-order valence-corrected chi connectivity index (χ4v) is 4.71. The lowest BCUT2D eigenvalue weighted by Gasteiger charge is -2.22. The van der Waals surface area contributed by atoms with E-state index in [4.69, 9.17) is 13.9 Å². The van der Waals surface area contributed by atoms with Gasteiger partial charge >= 0.3 is 0 Å². The maximum Gasteiger partial charge on any atom is 0.255 e. The smallest absolute Gasteiger partial charge is 0.255 e. The van der Waals surface area contributed by atoms with Crippen molar-refractivity contribution in [2.24, 2.45) is 0 Å². The van der Waals surface area contributed by atoms with Crippen LogP contribution < -0.4 is 10.6 Å². The van der Waals surface area contributed by atoms with Gasteiger partial charge in [-0.1, -0.05) is 25.1 Å². The number of nitrogens with zero attached hydrogens (tertiary/aromatic N) is 3. The first-order valence-electron chi connectivity index (χ1n) is 13.4. The highest BCUT2D eigenvalue weighted by Gasteiger charge is 2.30. The topological polar surface area (TPSA) is 123 Å². The molecule has 2 amide bonds. The summed E-state index contributed by atoms with van der Waals surface area (Å²) in [6.07, 6.45) is 1.88. The number of halogens is 2. The number of aromatic nitrogens is 3. The molecule has 0 aliphatic heterocycles. The minimum Gasteiger partial charge on any atom is -0.437 e. The highest BCUT2D eigenvalue weighted by molar-refractivity contribution is 6.11. The van der Waals surface area contributed by atoms with E-state index in [1.54, 1.807) is 26.0 Å². The van der Waals surface area contributed by atoms with Gasteiger partial charge in [0.2, 0.25) is 12.1 Å². The standard InChI is InChI=1S/C31H29F2N5O4/c1-6-16(2)25-20(18-9-12-23(33)21(13-18)27(39)37-31(3,4)30-35-15-41-38-30)14-22-24(28(40)34-5)26(42-29(22)36-25)17-7-10-19(32)11-8-17/h7-16H,6H2,1-5H3,(H,34,40)(H,37,39)/t16-/m1/s1. The average Bonchev–Trinajstić information content (AvgIpc) is 3.65. The molecular weight excluding hydrogens is 544 g/mol. The Morgan fingerprint density at radius 1 is 1.02 bits per heavy atom. The molecule has 1 atom stereocenters. The molecular formula is C31H29F2N5O4. The van der Waals surface area contributed by atoms with Crippen molar-refractivity contribution in [2.45, 2.75) is 45.6 Å². The molecule has 0 radical (unpaired) electrons. The van der Waals surface area contributed by atoms with E-state index in [0.717, 1.165) is 12.8 Å². The van der Waals surface area contributed by atoms with Crippen molar-refractivity contribution in [3.8, 4) is 22.5 Å². The molecule has 2 N–H and O–H groups in total. The zero-order valence-corrected chi connectivity index (χ0v) is 23.7. The van der Waals surface area contributed by atoms with Gasteiger partial charge in [0.15, 0.2) is 5.82 Å². The predicted octanol–water partition coefficient (Wildman–Crippen LogP) is 6.36. The third-order valence-corrected chi connectivity index (χ3v) is 7.22. The van der Waals surface area contributed by atoms with Gasteiger partial charge in [0.1, 0.15) is 17.4 Å². The quantitative estimate of drug-likeness (QED) is 0.221. The van der Waals surface area contributed by atoms with Crippen LogP contribution >= 0.6 is 0 Å². The van der Waals surface area contributed by atoms with Crippen molar-refractivity contribution in [1.29, 1.82) is 0 Å². The number of benzene rings is 2. The summed E-state index contributed by atoms with van der Waals surface area (Å²) >= 11 is 0. The molecule has 0 fully saturated rings. The molecule has 5 aromatic rings. The molecule has 0 aliphatic carbocycles. The third kappa shape index (κ3) is 5.25. The summed E-state index contributed by atoms with van der Waals surface area (Å²) in [6.45, 7) is 7.35. The van der Waals surface area contributed by atoms with E-state index in [9.17, 15) is 14.0 Å². The zero-order valence-electron chi connectivity index (χ0n) is 23.7. The first-order valence-corrected chi connectivity index (χ1v) is 13.4. The van der Waals surface area contributed by atoms with Crippen LogP contribution in [0.25, 0.3) is 33.6 Å². The summed E-state index contributed by atoms with van der Waals surface area (Å²) in [7, 11) is 1.50. The van der Waals surface area contributed by atoms with Crippen molar-refractivity contribution in [3.63, 3.8) is 0 Å². The van der Waals surface area contributed by atoms with E-state index in [-0.39, 0.29) is 34.3 Å². The van der Waals surface area contributed by atoms with Gasteiger partial charge < -0.3 is 19.6 Å². The Balaban J connectivity index is 1.67. The second-order valence-corrected chi connectivity index (χ2v) is 10.5. The van der Waals surface area contributed by atoms with Crippen LogP contribution in [0.4, 0.5) is 8.78 Å². The first kappa shape index (κ1) is 28.6. The molecule has 0 saturated heterocycles. The van der Waals surface area contributed by atoms with Crippen LogP contribution in [0, 0.1) is 11.6 Å². The van der Waals surface area contributed by atoms with E-state index in [1.165, 1.54) is 43.4 Å². The van der Waals surface area contributed by atoms with Crippen LogP contribution in [0.5, 0.6) is 0 Å². The normalized spacial score (nSPS) is 12.4. The van der Waals surface area contributed by atoms with Crippen LogP contribution in [-0.2, 0) is 5.54 Å². The molecule has 0 saturated carbocycles. The number of rotatable bonds is 8. The van der Waals surface area contributed by atoms with Gasteiger partial charge in [-0.3, -0.25) is 9.59 Å². The van der Waals surface area contributed by atoms with Gasteiger partial charge in [-0.05, 0) is 74.2 Å². The molecule has 0 unspecified atom stereocenters. The Morgan fingerprint density at radius 2 is 1.74 bits per heavy atom. The lowest BCUT2D eigenvalue weighted by molar-refractivity contribution is 0.0902. The number of amides is 2. The lowest BCUT2D eigenvalue weighted by atomic mass is 9.92. The molecule has 5 rings (SSSR count). The van der Waals surface area contributed by atoms with E-state index < -0.39 is 29.0 Å². The van der Waals surface area contributed by atoms with Crippen LogP contribution in [0.2, 0.25) is 0 Å². The van der Waals surface area contributed by atoms with Crippen molar-refractivity contribution >= 4 is 22.9 Å². The highest BCUT2D eigenvalue weighted by Crippen LogP contribution is 2.39. The molecule has 0 aliphatic rings. The number of hydrogen-bond acceptors (Lipinski definition) is 7. The van der Waals surface area contributed by atoms with Gasteiger partial charge in [-0.2, -0.15) is 4.98 Å². The minimum absolute atomic E-state index is 0.0493. The van der Waals surface area contributed by atoms with Crippen molar-refractivity contribution < 1.29 is 27.3 Å². The van der Waals surface area contributed by atoms with Gasteiger partial charge in [0.25, 0.3) is 11.8 Å². The van der Waals surface area contributed by atoms with E-state index in [2.05, 4.69) is 20.8 Å². The molecule has 3 heterocycles. The zero-order chi connectivity index (χ0) is 30.2. The van der Waals surface area contributed by atoms with Crippen LogP contribution in [0.1, 0.15) is 72.3 Å². The number of pyridine rings is 1. The second kappa shape index (κ2) is 11.2. The molecule has 9 nitrogen and oxygen atoms in total. The van der Waals surface area contributed by atoms with Gasteiger partial charge in [-0.15, -0.1) is 0 Å². The van der Waals surface area contributed by atoms with Crippen LogP contribution in [-0.4, -0.2) is 34.0 Å². The van der Waals surface area contributed by atoms with Crippen LogP contribution in [0.15, 0.2) is 63.9 Å². The SMILES string of the molecule is CC[C@@H](C)c1nc2oc(-c3ccc(F)cc3)c(C(=O)NC)c2cc1-c1ccc(F)c(C(=O)NC(C)(C)c2ncon2)c1. The van der Waals surface area contributed by atoms with Crippen molar-refractivity contribution in [1.82, 2.24) is 25.8 Å². The van der Waals surface area contributed by atoms with Gasteiger partial charge in [-0.25, -0.2) is 13.8 Å². The molecule has 0 spiro atoms. The second-order valence-electron chi connectivity index (χ2n) is 10.5.